The predicted molar refractivity (Wildman–Crippen MR) is 215 cm³/mol. The van der Waals surface area contributed by atoms with Crippen LogP contribution in [0.5, 0.6) is 5.75 Å². The van der Waals surface area contributed by atoms with Gasteiger partial charge in [-0.3, -0.25) is 14.6 Å². The highest BCUT2D eigenvalue weighted by molar-refractivity contribution is 9.10. The molecule has 0 saturated carbocycles. The molecule has 0 atom stereocenters. The van der Waals surface area contributed by atoms with Crippen molar-refractivity contribution in [2.24, 2.45) is 7.05 Å². The summed E-state index contributed by atoms with van der Waals surface area (Å²) in [4.78, 5) is 19.3. The first-order chi connectivity index (χ1) is 25.2. The summed E-state index contributed by atoms with van der Waals surface area (Å²) in [5, 5.41) is 15.5. The molecule has 2 fully saturated rings. The van der Waals surface area contributed by atoms with Gasteiger partial charge in [0.2, 0.25) is 5.95 Å². The van der Waals surface area contributed by atoms with Gasteiger partial charge in [0.1, 0.15) is 18.7 Å². The highest BCUT2D eigenvalue weighted by Crippen LogP contribution is 2.43. The molecule has 0 amide bonds. The minimum atomic E-state index is -2.71. The Morgan fingerprint density at radius 1 is 0.942 bits per heavy atom. The Morgan fingerprint density at radius 3 is 2.40 bits per heavy atom. The molecule has 0 radical (unpaired) electrons. The van der Waals surface area contributed by atoms with Crippen LogP contribution in [0.2, 0.25) is 0 Å². The topological polar surface area (TPSA) is 125 Å². The summed E-state index contributed by atoms with van der Waals surface area (Å²) in [5.41, 5.74) is 6.30. The van der Waals surface area contributed by atoms with Crippen LogP contribution in [0.15, 0.2) is 77.8 Å². The first-order valence-corrected chi connectivity index (χ1v) is 21.2. The second-order valence-electron chi connectivity index (χ2n) is 13.6. The molecule has 2 aliphatic heterocycles. The smallest absolute Gasteiger partial charge is 0.229 e. The monoisotopic (exact) mass is 784 g/mol. The lowest BCUT2D eigenvalue weighted by Gasteiger charge is -2.41. The fraction of sp³-hybridized carbons (Fsp3) is 0.368. The van der Waals surface area contributed by atoms with Crippen molar-refractivity contribution in [1.82, 2.24) is 34.9 Å². The van der Waals surface area contributed by atoms with E-state index in [1.54, 1.807) is 25.7 Å². The average Bonchev–Trinajstić information content (AvgIpc) is 3.60. The van der Waals surface area contributed by atoms with E-state index in [1.807, 2.05) is 67.4 Å². The van der Waals surface area contributed by atoms with Crippen molar-refractivity contribution in [3.63, 3.8) is 0 Å². The quantitative estimate of drug-likeness (QED) is 0.124. The number of ether oxygens (including phenoxy) is 1. The van der Waals surface area contributed by atoms with Crippen molar-refractivity contribution in [2.75, 3.05) is 74.7 Å². The number of hydrogen-bond acceptors (Lipinski definition) is 11. The first kappa shape index (κ1) is 36.1. The molecule has 12 nitrogen and oxygen atoms in total. The van der Waals surface area contributed by atoms with Gasteiger partial charge in [-0.1, -0.05) is 30.3 Å². The zero-order chi connectivity index (χ0) is 36.2. The summed E-state index contributed by atoms with van der Waals surface area (Å²) >= 11 is 3.62. The Bertz CT molecular complexity index is 2060. The molecule has 5 heterocycles. The number of piperazine rings is 1. The molecular formula is C38H46BrN10O2P. The predicted octanol–water partition coefficient (Wildman–Crippen LogP) is 6.71. The summed E-state index contributed by atoms with van der Waals surface area (Å²) in [6, 6.07) is 16.7. The molecule has 0 bridgehead atoms. The molecule has 2 aliphatic rings. The molecule has 2 aromatic carbocycles. The van der Waals surface area contributed by atoms with E-state index in [2.05, 4.69) is 63.9 Å². The largest absolute Gasteiger partial charge is 0.492 e. The van der Waals surface area contributed by atoms with Crippen LogP contribution in [-0.4, -0.2) is 94.9 Å². The number of rotatable bonds is 11. The number of aromatic nitrogens is 5. The van der Waals surface area contributed by atoms with E-state index >= 15 is 0 Å². The van der Waals surface area contributed by atoms with E-state index in [1.165, 1.54) is 0 Å². The Morgan fingerprint density at radius 2 is 1.71 bits per heavy atom. The molecule has 2 saturated heterocycles. The standard InChI is InChI=1S/C38H46BrN10O2P/c1-5-51-35-21-34(49-15-11-28(12-16-49)48-17-13-40-14-18-48)29(27-22-43-47(2)25-27)19-32(35)45-38-42-23-30(39)37(46-38)44-33-24-41-31(20-36(33)52(3,4)50)26-9-7-6-8-10-26/h6-10,19-25,28,40H,5,11-18H2,1-4H3,(H2,42,44,45,46). The number of hydrogen-bond donors (Lipinski definition) is 3. The third-order valence-electron chi connectivity index (χ3n) is 9.66. The Labute approximate surface area is 313 Å². The Kier molecular flexibility index (Phi) is 10.9. The lowest BCUT2D eigenvalue weighted by molar-refractivity contribution is 0.150. The molecule has 7 rings (SSSR count). The molecule has 0 unspecified atom stereocenters. The zero-order valence-corrected chi connectivity index (χ0v) is 32.6. The third-order valence-corrected chi connectivity index (χ3v) is 11.8. The number of halogens is 1. The van der Waals surface area contributed by atoms with Gasteiger partial charge in [-0.15, -0.1) is 0 Å². The van der Waals surface area contributed by atoms with Crippen LogP contribution >= 0.6 is 23.1 Å². The molecule has 272 valence electrons. The van der Waals surface area contributed by atoms with E-state index in [0.717, 1.165) is 91.6 Å². The lowest BCUT2D eigenvalue weighted by atomic mass is 9.98. The van der Waals surface area contributed by atoms with E-state index in [-0.39, 0.29) is 0 Å². The molecule has 14 heteroatoms. The fourth-order valence-electron chi connectivity index (χ4n) is 7.03. The summed E-state index contributed by atoms with van der Waals surface area (Å²) in [5.74, 6) is 1.60. The molecule has 52 heavy (non-hydrogen) atoms. The minimum absolute atomic E-state index is 0.375. The second kappa shape index (κ2) is 15.8. The first-order valence-electron chi connectivity index (χ1n) is 17.8. The van der Waals surface area contributed by atoms with Gasteiger partial charge in [-0.25, -0.2) is 4.98 Å². The SMILES string of the molecule is CCOc1cc(N2CCC(N3CCNCC3)CC2)c(-c2cnn(C)c2)cc1Nc1ncc(Br)c(Nc2cnc(-c3ccccc3)cc2P(C)(C)=O)n1. The fourth-order valence-corrected chi connectivity index (χ4v) is 8.45. The maximum absolute atomic E-state index is 13.5. The van der Waals surface area contributed by atoms with Crippen LogP contribution in [-0.2, 0) is 11.6 Å². The maximum atomic E-state index is 13.5. The van der Waals surface area contributed by atoms with Gasteiger partial charge in [0.05, 0.1) is 40.5 Å². The van der Waals surface area contributed by atoms with Crippen LogP contribution in [0.1, 0.15) is 19.8 Å². The number of benzene rings is 2. The highest BCUT2D eigenvalue weighted by Gasteiger charge is 2.28. The maximum Gasteiger partial charge on any atom is 0.229 e. The molecule has 3 aromatic heterocycles. The zero-order valence-electron chi connectivity index (χ0n) is 30.1. The summed E-state index contributed by atoms with van der Waals surface area (Å²) < 4.78 is 22.3. The molecule has 0 aliphatic carbocycles. The number of anilines is 5. The number of pyridine rings is 1. The van der Waals surface area contributed by atoms with Gasteiger partial charge in [-0.05, 0) is 61.2 Å². The summed E-state index contributed by atoms with van der Waals surface area (Å²) in [6.45, 7) is 12.3. The van der Waals surface area contributed by atoms with E-state index in [4.69, 9.17) is 14.7 Å². The number of nitrogens with one attached hydrogen (secondary N) is 3. The number of nitrogens with zero attached hydrogens (tertiary/aromatic N) is 7. The van der Waals surface area contributed by atoms with E-state index in [0.29, 0.717) is 39.9 Å². The van der Waals surface area contributed by atoms with Crippen molar-refractivity contribution >= 4 is 57.2 Å². The number of aryl methyl sites for hydroxylation is 1. The van der Waals surface area contributed by atoms with Crippen LogP contribution in [0, 0.1) is 0 Å². The molecule has 0 spiro atoms. The van der Waals surface area contributed by atoms with Gasteiger partial charge in [0.25, 0.3) is 0 Å². The van der Waals surface area contributed by atoms with Crippen LogP contribution in [0.3, 0.4) is 0 Å². The Balaban J connectivity index is 1.19. The summed E-state index contributed by atoms with van der Waals surface area (Å²) in [6.07, 6.45) is 9.61. The van der Waals surface area contributed by atoms with Crippen LogP contribution < -0.4 is 30.9 Å². The lowest BCUT2D eigenvalue weighted by Crippen LogP contribution is -2.52. The molecule has 5 aromatic rings. The van der Waals surface area contributed by atoms with Crippen LogP contribution in [0.4, 0.5) is 28.8 Å². The number of piperidine rings is 1. The van der Waals surface area contributed by atoms with Crippen molar-refractivity contribution in [1.29, 1.82) is 0 Å². The van der Waals surface area contributed by atoms with Gasteiger partial charge in [0.15, 0.2) is 0 Å². The van der Waals surface area contributed by atoms with Crippen molar-refractivity contribution in [2.45, 2.75) is 25.8 Å². The minimum Gasteiger partial charge on any atom is -0.492 e. The van der Waals surface area contributed by atoms with Crippen LogP contribution in [0.25, 0.3) is 22.4 Å². The van der Waals surface area contributed by atoms with Crippen molar-refractivity contribution in [3.8, 4) is 28.1 Å². The van der Waals surface area contributed by atoms with Crippen molar-refractivity contribution < 1.29 is 9.30 Å². The van der Waals surface area contributed by atoms with Crippen molar-refractivity contribution in [3.05, 3.63) is 77.8 Å². The summed E-state index contributed by atoms with van der Waals surface area (Å²) in [7, 11) is -0.769. The van der Waals surface area contributed by atoms with E-state index in [9.17, 15) is 4.57 Å². The molecule has 3 N–H and O–H groups in total. The van der Waals surface area contributed by atoms with Gasteiger partial charge < -0.3 is 30.2 Å². The Hall–Kier alpha value is -4.29. The van der Waals surface area contributed by atoms with Gasteiger partial charge in [-0.2, -0.15) is 10.1 Å². The van der Waals surface area contributed by atoms with Gasteiger partial charge in [0, 0.05) is 98.5 Å². The average molecular weight is 786 g/mol. The van der Waals surface area contributed by atoms with Gasteiger partial charge >= 0.3 is 0 Å². The van der Waals surface area contributed by atoms with E-state index < -0.39 is 7.14 Å². The highest BCUT2D eigenvalue weighted by atomic mass is 79.9. The normalized spacial score (nSPS) is 15.8. The molecular weight excluding hydrogens is 739 g/mol. The third kappa shape index (κ3) is 8.18. The second-order valence-corrected chi connectivity index (χ2v) is 17.7.